The van der Waals surface area contributed by atoms with Crippen molar-refractivity contribution in [1.29, 1.82) is 0 Å². The Hall–Kier alpha value is -0.0800. The highest BCUT2D eigenvalue weighted by molar-refractivity contribution is 4.85. The summed E-state index contributed by atoms with van der Waals surface area (Å²) in [5.74, 6) is 1.82. The molecule has 1 aliphatic carbocycles. The van der Waals surface area contributed by atoms with Crippen LogP contribution in [-0.2, 0) is 0 Å². The van der Waals surface area contributed by atoms with Crippen molar-refractivity contribution in [2.24, 2.45) is 11.8 Å². The minimum Gasteiger partial charge on any atom is -0.317 e. The van der Waals surface area contributed by atoms with Gasteiger partial charge in [-0.2, -0.15) is 0 Å². The number of rotatable bonds is 2. The third kappa shape index (κ3) is 3.69. The summed E-state index contributed by atoms with van der Waals surface area (Å²) in [5.41, 5.74) is 0. The first-order valence-corrected chi connectivity index (χ1v) is 7.74. The average Bonchev–Trinajstić information content (AvgIpc) is 2.28. The molecule has 0 amide bonds. The average molecular weight is 238 g/mol. The predicted octanol–water partition coefficient (Wildman–Crippen LogP) is 2.89. The van der Waals surface area contributed by atoms with E-state index in [9.17, 15) is 0 Å². The fourth-order valence-corrected chi connectivity index (χ4v) is 3.75. The normalized spacial score (nSPS) is 33.4. The van der Waals surface area contributed by atoms with Gasteiger partial charge in [0.1, 0.15) is 0 Å². The van der Waals surface area contributed by atoms with E-state index in [2.05, 4.69) is 24.1 Å². The molecule has 0 aromatic carbocycles. The van der Waals surface area contributed by atoms with Crippen LogP contribution >= 0.6 is 0 Å². The van der Waals surface area contributed by atoms with E-state index in [0.29, 0.717) is 0 Å². The lowest BCUT2D eigenvalue weighted by atomic mass is 9.77. The quantitative estimate of drug-likeness (QED) is 0.796. The summed E-state index contributed by atoms with van der Waals surface area (Å²) in [6.45, 7) is 9.93. The molecule has 0 bridgehead atoms. The number of hydrogen-bond donors (Lipinski definition) is 1. The third-order valence-electron chi connectivity index (χ3n) is 4.70. The maximum atomic E-state index is 3.52. The second-order valence-electron chi connectivity index (χ2n) is 6.25. The van der Waals surface area contributed by atoms with Crippen LogP contribution in [-0.4, -0.2) is 37.1 Å². The Labute approximate surface area is 107 Å². The van der Waals surface area contributed by atoms with Crippen molar-refractivity contribution in [1.82, 2.24) is 10.2 Å². The topological polar surface area (TPSA) is 15.3 Å². The molecular formula is C15H30N2. The fraction of sp³-hybridized carbons (Fsp3) is 1.00. The van der Waals surface area contributed by atoms with Crippen molar-refractivity contribution < 1.29 is 0 Å². The zero-order valence-corrected chi connectivity index (χ0v) is 11.8. The van der Waals surface area contributed by atoms with Crippen LogP contribution in [0.3, 0.4) is 0 Å². The molecule has 2 nitrogen and oxygen atoms in total. The summed E-state index contributed by atoms with van der Waals surface area (Å²) in [6, 6.07) is 0.891. The van der Waals surface area contributed by atoms with E-state index < -0.39 is 0 Å². The van der Waals surface area contributed by atoms with Crippen molar-refractivity contribution in [3.8, 4) is 0 Å². The second-order valence-corrected chi connectivity index (χ2v) is 6.25. The lowest BCUT2D eigenvalue weighted by Gasteiger charge is -2.42. The van der Waals surface area contributed by atoms with Crippen LogP contribution in [0.2, 0.25) is 0 Å². The van der Waals surface area contributed by atoms with Gasteiger partial charge in [-0.25, -0.2) is 0 Å². The summed E-state index contributed by atoms with van der Waals surface area (Å²) in [5, 5.41) is 3.52. The Balaban J connectivity index is 1.95. The third-order valence-corrected chi connectivity index (χ3v) is 4.70. The van der Waals surface area contributed by atoms with Gasteiger partial charge >= 0.3 is 0 Å². The Morgan fingerprint density at radius 3 is 2.24 bits per heavy atom. The van der Waals surface area contributed by atoms with E-state index in [1.807, 2.05) is 0 Å². The Bertz CT molecular complexity index is 207. The van der Waals surface area contributed by atoms with Crippen molar-refractivity contribution in [3.63, 3.8) is 0 Å². The molecule has 0 radical (unpaired) electrons. The van der Waals surface area contributed by atoms with Crippen LogP contribution < -0.4 is 5.32 Å². The van der Waals surface area contributed by atoms with Gasteiger partial charge in [0.15, 0.2) is 0 Å². The molecular weight excluding hydrogens is 208 g/mol. The molecule has 2 fully saturated rings. The first-order valence-electron chi connectivity index (χ1n) is 7.74. The van der Waals surface area contributed by atoms with E-state index in [-0.39, 0.29) is 0 Å². The summed E-state index contributed by atoms with van der Waals surface area (Å²) in [7, 11) is 0. The lowest BCUT2D eigenvalue weighted by molar-refractivity contribution is 0.0733. The van der Waals surface area contributed by atoms with Gasteiger partial charge in [0.25, 0.3) is 0 Å². The highest BCUT2D eigenvalue weighted by Crippen LogP contribution is 2.33. The van der Waals surface area contributed by atoms with Crippen LogP contribution in [0.15, 0.2) is 0 Å². The van der Waals surface area contributed by atoms with Crippen molar-refractivity contribution in [3.05, 3.63) is 0 Å². The van der Waals surface area contributed by atoms with Crippen LogP contribution in [0.1, 0.15) is 52.4 Å². The van der Waals surface area contributed by atoms with E-state index in [1.54, 1.807) is 0 Å². The Morgan fingerprint density at radius 2 is 1.59 bits per heavy atom. The molecule has 0 aromatic heterocycles. The molecule has 2 heteroatoms. The van der Waals surface area contributed by atoms with Gasteiger partial charge in [0.2, 0.25) is 0 Å². The minimum absolute atomic E-state index is 0.865. The molecule has 2 rings (SSSR count). The molecule has 2 aliphatic rings. The summed E-state index contributed by atoms with van der Waals surface area (Å²) in [4.78, 5) is 2.82. The Kier molecular flexibility index (Phi) is 5.30. The maximum Gasteiger partial charge on any atom is 0.0126 e. The standard InChI is InChI=1S/C15H30N2/c1-13(2)14-7-3-4-8-15(14)17-11-5-9-16-10-6-12-17/h13-16H,3-12H2,1-2H3. The maximum absolute atomic E-state index is 3.52. The predicted molar refractivity (Wildman–Crippen MR) is 74.3 cm³/mol. The summed E-state index contributed by atoms with van der Waals surface area (Å²) < 4.78 is 0. The van der Waals surface area contributed by atoms with Crippen molar-refractivity contribution in [2.45, 2.75) is 58.4 Å². The minimum atomic E-state index is 0.865. The molecule has 2 unspecified atom stereocenters. The van der Waals surface area contributed by atoms with Gasteiger partial charge in [0.05, 0.1) is 0 Å². The first kappa shape index (κ1) is 13.4. The zero-order chi connectivity index (χ0) is 12.1. The van der Waals surface area contributed by atoms with E-state index >= 15 is 0 Å². The summed E-state index contributed by atoms with van der Waals surface area (Å²) >= 11 is 0. The highest BCUT2D eigenvalue weighted by atomic mass is 15.2. The molecule has 1 N–H and O–H groups in total. The molecule has 100 valence electrons. The largest absolute Gasteiger partial charge is 0.317 e. The van der Waals surface area contributed by atoms with Crippen LogP contribution in [0.5, 0.6) is 0 Å². The number of nitrogens with one attached hydrogen (secondary N) is 1. The van der Waals surface area contributed by atoms with E-state index in [1.165, 1.54) is 64.7 Å². The molecule has 1 heterocycles. The molecule has 17 heavy (non-hydrogen) atoms. The second kappa shape index (κ2) is 6.75. The van der Waals surface area contributed by atoms with Crippen LogP contribution in [0, 0.1) is 11.8 Å². The molecule has 1 saturated carbocycles. The highest BCUT2D eigenvalue weighted by Gasteiger charge is 2.31. The van der Waals surface area contributed by atoms with Crippen LogP contribution in [0.4, 0.5) is 0 Å². The SMILES string of the molecule is CC(C)C1CCCCC1N1CCCNCCC1. The lowest BCUT2D eigenvalue weighted by Crippen LogP contribution is -2.47. The van der Waals surface area contributed by atoms with Gasteiger partial charge in [0, 0.05) is 6.04 Å². The molecule has 2 atom stereocenters. The first-order chi connectivity index (χ1) is 8.29. The molecule has 1 saturated heterocycles. The van der Waals surface area contributed by atoms with Crippen molar-refractivity contribution in [2.75, 3.05) is 26.2 Å². The Morgan fingerprint density at radius 1 is 0.941 bits per heavy atom. The van der Waals surface area contributed by atoms with E-state index in [0.717, 1.165) is 17.9 Å². The van der Waals surface area contributed by atoms with Gasteiger partial charge in [-0.05, 0) is 63.7 Å². The fourth-order valence-electron chi connectivity index (χ4n) is 3.75. The molecule has 0 spiro atoms. The van der Waals surface area contributed by atoms with E-state index in [4.69, 9.17) is 0 Å². The van der Waals surface area contributed by atoms with Crippen LogP contribution in [0.25, 0.3) is 0 Å². The van der Waals surface area contributed by atoms with Gasteiger partial charge < -0.3 is 10.2 Å². The molecule has 0 aromatic rings. The van der Waals surface area contributed by atoms with Gasteiger partial charge in [-0.15, -0.1) is 0 Å². The zero-order valence-electron chi connectivity index (χ0n) is 11.8. The number of hydrogen-bond acceptors (Lipinski definition) is 2. The number of nitrogens with zero attached hydrogens (tertiary/aromatic N) is 1. The molecule has 1 aliphatic heterocycles. The monoisotopic (exact) mass is 238 g/mol. The van der Waals surface area contributed by atoms with Crippen molar-refractivity contribution >= 4 is 0 Å². The van der Waals surface area contributed by atoms with Gasteiger partial charge in [-0.3, -0.25) is 0 Å². The summed E-state index contributed by atoms with van der Waals surface area (Å²) in [6.07, 6.45) is 8.52. The smallest absolute Gasteiger partial charge is 0.0126 e. The van der Waals surface area contributed by atoms with Gasteiger partial charge in [-0.1, -0.05) is 26.7 Å².